The maximum absolute atomic E-state index is 14.1. The van der Waals surface area contributed by atoms with E-state index in [0.29, 0.717) is 5.69 Å². The minimum atomic E-state index is -1.11. The van der Waals surface area contributed by atoms with Crippen LogP contribution < -0.4 is 0 Å². The molecule has 0 aliphatic heterocycles. The monoisotopic (exact) mass is 347 g/mol. The Morgan fingerprint density at radius 2 is 2.04 bits per heavy atom. The molecule has 0 saturated heterocycles. The molecule has 0 aliphatic carbocycles. The predicted molar refractivity (Wildman–Crippen MR) is 85.1 cm³/mol. The van der Waals surface area contributed by atoms with Gasteiger partial charge in [-0.1, -0.05) is 11.6 Å². The topological polar surface area (TPSA) is 88.2 Å². The lowest BCUT2D eigenvalue weighted by atomic mass is 10.1. The Morgan fingerprint density at radius 1 is 1.29 bits per heavy atom. The van der Waals surface area contributed by atoms with Crippen LogP contribution >= 0.6 is 11.6 Å². The molecule has 2 heterocycles. The largest absolute Gasteiger partial charge is 0.493 e. The summed E-state index contributed by atoms with van der Waals surface area (Å²) in [5.41, 5.74) is 0.764. The van der Waals surface area contributed by atoms with Gasteiger partial charge in [0.1, 0.15) is 5.82 Å². The molecule has 2 aromatic heterocycles. The second-order valence-electron chi connectivity index (χ2n) is 5.03. The molecule has 0 saturated carbocycles. The number of hydrogen-bond acceptors (Lipinski definition) is 4. The number of aromatic nitrogens is 3. The number of aromatic hydroxyl groups is 1. The fraction of sp³-hybridized carbons (Fsp3) is 0.0625. The van der Waals surface area contributed by atoms with Crippen LogP contribution in [0, 0.1) is 12.7 Å². The number of carbonyl (C=O) groups is 1. The van der Waals surface area contributed by atoms with Gasteiger partial charge in [0.25, 0.3) is 0 Å². The van der Waals surface area contributed by atoms with Crippen LogP contribution in [0.1, 0.15) is 16.1 Å². The van der Waals surface area contributed by atoms with E-state index in [1.54, 1.807) is 6.92 Å². The first kappa shape index (κ1) is 15.9. The summed E-state index contributed by atoms with van der Waals surface area (Å²) in [4.78, 5) is 14.8. The van der Waals surface area contributed by atoms with Gasteiger partial charge < -0.3 is 10.2 Å². The van der Waals surface area contributed by atoms with Gasteiger partial charge in [0.15, 0.2) is 5.82 Å². The fourth-order valence-corrected chi connectivity index (χ4v) is 2.48. The minimum Gasteiger partial charge on any atom is -0.493 e. The van der Waals surface area contributed by atoms with E-state index < -0.39 is 11.8 Å². The number of benzene rings is 1. The number of carboxylic acid groups (broad SMARTS) is 1. The SMILES string of the molecule is Cc1nn(-c2ccc(C(=O)O)cn2)c(O)c1-c1ccc(Cl)cc1F. The maximum atomic E-state index is 14.1. The van der Waals surface area contributed by atoms with Gasteiger partial charge in [0, 0.05) is 16.8 Å². The summed E-state index contributed by atoms with van der Waals surface area (Å²) in [7, 11) is 0. The van der Waals surface area contributed by atoms with E-state index in [4.69, 9.17) is 16.7 Å². The number of aryl methyl sites for hydroxylation is 1. The molecule has 1 aromatic carbocycles. The van der Waals surface area contributed by atoms with E-state index >= 15 is 0 Å². The number of carboxylic acids is 1. The van der Waals surface area contributed by atoms with Crippen molar-refractivity contribution in [3.63, 3.8) is 0 Å². The molecule has 0 radical (unpaired) electrons. The van der Waals surface area contributed by atoms with E-state index in [2.05, 4.69) is 10.1 Å². The van der Waals surface area contributed by atoms with Crippen LogP contribution in [-0.2, 0) is 0 Å². The van der Waals surface area contributed by atoms with Crippen LogP contribution in [0.5, 0.6) is 5.88 Å². The summed E-state index contributed by atoms with van der Waals surface area (Å²) in [5, 5.41) is 23.7. The van der Waals surface area contributed by atoms with Crippen LogP contribution in [0.3, 0.4) is 0 Å². The van der Waals surface area contributed by atoms with Crippen LogP contribution in [0.25, 0.3) is 16.9 Å². The molecule has 2 N–H and O–H groups in total. The number of rotatable bonds is 3. The number of hydrogen-bond donors (Lipinski definition) is 2. The van der Waals surface area contributed by atoms with Crippen LogP contribution in [0.15, 0.2) is 36.5 Å². The number of nitrogens with zero attached hydrogens (tertiary/aromatic N) is 3. The van der Waals surface area contributed by atoms with Crippen LogP contribution in [0.2, 0.25) is 5.02 Å². The summed E-state index contributed by atoms with van der Waals surface area (Å²) in [6.45, 7) is 1.62. The van der Waals surface area contributed by atoms with Gasteiger partial charge in [-0.05, 0) is 37.3 Å². The highest BCUT2D eigenvalue weighted by atomic mass is 35.5. The van der Waals surface area contributed by atoms with Crippen molar-refractivity contribution in [3.8, 4) is 22.8 Å². The van der Waals surface area contributed by atoms with E-state index in [9.17, 15) is 14.3 Å². The van der Waals surface area contributed by atoms with Crippen LogP contribution in [0.4, 0.5) is 4.39 Å². The van der Waals surface area contributed by atoms with Crippen molar-refractivity contribution in [2.75, 3.05) is 0 Å². The molecule has 3 aromatic rings. The van der Waals surface area contributed by atoms with Gasteiger partial charge in [-0.15, -0.1) is 0 Å². The first-order chi connectivity index (χ1) is 11.4. The highest BCUT2D eigenvalue weighted by molar-refractivity contribution is 6.30. The van der Waals surface area contributed by atoms with E-state index in [1.165, 1.54) is 24.3 Å². The van der Waals surface area contributed by atoms with Crippen molar-refractivity contribution in [2.45, 2.75) is 6.92 Å². The van der Waals surface area contributed by atoms with Gasteiger partial charge in [-0.2, -0.15) is 9.78 Å². The summed E-state index contributed by atoms with van der Waals surface area (Å²) in [6.07, 6.45) is 1.15. The lowest BCUT2D eigenvalue weighted by Crippen LogP contribution is -2.02. The lowest BCUT2D eigenvalue weighted by molar-refractivity contribution is 0.0696. The molecule has 0 aliphatic rings. The van der Waals surface area contributed by atoms with Gasteiger partial charge in [-0.3, -0.25) is 0 Å². The number of halogens is 2. The zero-order valence-corrected chi connectivity index (χ0v) is 13.1. The molecular weight excluding hydrogens is 337 g/mol. The normalized spacial score (nSPS) is 10.8. The molecule has 8 heteroatoms. The Kier molecular flexibility index (Phi) is 3.94. The van der Waals surface area contributed by atoms with Crippen molar-refractivity contribution in [2.24, 2.45) is 0 Å². The van der Waals surface area contributed by atoms with Gasteiger partial charge in [-0.25, -0.2) is 14.2 Å². The molecule has 0 bridgehead atoms. The lowest BCUT2D eigenvalue weighted by Gasteiger charge is -2.05. The zero-order valence-electron chi connectivity index (χ0n) is 12.4. The van der Waals surface area contributed by atoms with Crippen molar-refractivity contribution in [3.05, 3.63) is 58.6 Å². The van der Waals surface area contributed by atoms with E-state index in [-0.39, 0.29) is 33.4 Å². The molecule has 0 spiro atoms. The third-order valence-corrected chi connectivity index (χ3v) is 3.68. The second kappa shape index (κ2) is 5.93. The molecule has 0 fully saturated rings. The standard InChI is InChI=1S/C16H11ClFN3O3/c1-8-14(11-4-3-10(17)6-12(11)18)15(22)21(20-8)13-5-2-9(7-19-13)16(23)24/h2-7,22H,1H3,(H,23,24). The number of pyridine rings is 1. The molecule has 0 unspecified atom stereocenters. The Morgan fingerprint density at radius 3 is 2.62 bits per heavy atom. The first-order valence-electron chi connectivity index (χ1n) is 6.82. The Balaban J connectivity index is 2.11. The van der Waals surface area contributed by atoms with Crippen molar-refractivity contribution < 1.29 is 19.4 Å². The molecule has 3 rings (SSSR count). The van der Waals surface area contributed by atoms with Crippen molar-refractivity contribution >= 4 is 17.6 Å². The van der Waals surface area contributed by atoms with Crippen LogP contribution in [-0.4, -0.2) is 30.9 Å². The molecule has 122 valence electrons. The maximum Gasteiger partial charge on any atom is 0.337 e. The van der Waals surface area contributed by atoms with Crippen molar-refractivity contribution in [1.29, 1.82) is 0 Å². The summed E-state index contributed by atoms with van der Waals surface area (Å²) >= 11 is 5.74. The molecular formula is C16H11ClFN3O3. The second-order valence-corrected chi connectivity index (χ2v) is 5.47. The molecule has 6 nitrogen and oxygen atoms in total. The third kappa shape index (κ3) is 2.69. The van der Waals surface area contributed by atoms with E-state index in [1.807, 2.05) is 0 Å². The van der Waals surface area contributed by atoms with E-state index in [0.717, 1.165) is 16.9 Å². The molecule has 24 heavy (non-hydrogen) atoms. The Bertz CT molecular complexity index is 938. The Hall–Kier alpha value is -2.93. The smallest absolute Gasteiger partial charge is 0.337 e. The Labute approximate surface area is 140 Å². The first-order valence-corrected chi connectivity index (χ1v) is 7.20. The zero-order chi connectivity index (χ0) is 17.4. The fourth-order valence-electron chi connectivity index (χ4n) is 2.32. The summed E-state index contributed by atoms with van der Waals surface area (Å²) in [6, 6.07) is 6.84. The predicted octanol–water partition coefficient (Wildman–Crippen LogP) is 3.44. The van der Waals surface area contributed by atoms with Gasteiger partial charge in [0.05, 0.1) is 16.8 Å². The summed E-state index contributed by atoms with van der Waals surface area (Å²) < 4.78 is 15.3. The number of aromatic carboxylic acids is 1. The highest BCUT2D eigenvalue weighted by Crippen LogP contribution is 2.36. The minimum absolute atomic E-state index is 0.00564. The summed E-state index contributed by atoms with van der Waals surface area (Å²) in [5.74, 6) is -1.79. The van der Waals surface area contributed by atoms with Gasteiger partial charge in [0.2, 0.25) is 5.88 Å². The molecule has 0 amide bonds. The third-order valence-electron chi connectivity index (χ3n) is 3.45. The van der Waals surface area contributed by atoms with Gasteiger partial charge >= 0.3 is 5.97 Å². The molecule has 0 atom stereocenters. The highest BCUT2D eigenvalue weighted by Gasteiger charge is 2.21. The quantitative estimate of drug-likeness (QED) is 0.757. The van der Waals surface area contributed by atoms with Crippen molar-refractivity contribution in [1.82, 2.24) is 14.8 Å². The average Bonchev–Trinajstić information content (AvgIpc) is 2.83. The average molecular weight is 348 g/mol.